The Bertz CT molecular complexity index is 244. The predicted molar refractivity (Wildman–Crippen MR) is 44.9 cm³/mol. The van der Waals surface area contributed by atoms with E-state index in [-0.39, 0.29) is 0 Å². The van der Waals surface area contributed by atoms with Crippen LogP contribution in [-0.4, -0.2) is 30.3 Å². The van der Waals surface area contributed by atoms with Crippen molar-refractivity contribution in [2.75, 3.05) is 14.1 Å². The minimum absolute atomic E-state index is 0.557. The first-order chi connectivity index (χ1) is 5.22. The Morgan fingerprint density at radius 1 is 1.73 bits per heavy atom. The van der Waals surface area contributed by atoms with E-state index < -0.39 is 0 Å². The SMILES string of the molecule is CN(C)Cc1cnc(C=O)s1. The molecule has 4 heteroatoms. The van der Waals surface area contributed by atoms with Gasteiger partial charge in [0.05, 0.1) is 0 Å². The predicted octanol–water partition coefficient (Wildman–Crippen LogP) is 1.02. The number of carbonyl (C=O) groups is 1. The lowest BCUT2D eigenvalue weighted by molar-refractivity contribution is 0.112. The van der Waals surface area contributed by atoms with Crippen molar-refractivity contribution in [3.8, 4) is 0 Å². The quantitative estimate of drug-likeness (QED) is 0.635. The van der Waals surface area contributed by atoms with Crippen LogP contribution in [0.3, 0.4) is 0 Å². The van der Waals surface area contributed by atoms with Gasteiger partial charge in [-0.1, -0.05) is 0 Å². The number of hydrogen-bond acceptors (Lipinski definition) is 4. The smallest absolute Gasteiger partial charge is 0.178 e. The van der Waals surface area contributed by atoms with E-state index in [1.54, 1.807) is 6.20 Å². The largest absolute Gasteiger partial charge is 0.304 e. The van der Waals surface area contributed by atoms with Crippen molar-refractivity contribution >= 4 is 17.6 Å². The summed E-state index contributed by atoms with van der Waals surface area (Å²) in [6.45, 7) is 0.853. The lowest BCUT2D eigenvalue weighted by Crippen LogP contribution is -2.09. The van der Waals surface area contributed by atoms with Gasteiger partial charge in [-0.05, 0) is 14.1 Å². The molecule has 0 aromatic carbocycles. The molecule has 60 valence electrons. The number of rotatable bonds is 3. The van der Waals surface area contributed by atoms with Crippen LogP contribution in [0, 0.1) is 0 Å². The van der Waals surface area contributed by atoms with Crippen LogP contribution in [0.25, 0.3) is 0 Å². The molecular weight excluding hydrogens is 160 g/mol. The van der Waals surface area contributed by atoms with Gasteiger partial charge in [0.2, 0.25) is 0 Å². The van der Waals surface area contributed by atoms with Crippen molar-refractivity contribution in [2.24, 2.45) is 0 Å². The summed E-state index contributed by atoms with van der Waals surface area (Å²) >= 11 is 1.44. The monoisotopic (exact) mass is 170 g/mol. The van der Waals surface area contributed by atoms with Crippen LogP contribution in [0.15, 0.2) is 6.20 Å². The van der Waals surface area contributed by atoms with Crippen LogP contribution in [0.4, 0.5) is 0 Å². The second-order valence-corrected chi connectivity index (χ2v) is 3.67. The molecular formula is C7H10N2OS. The minimum atomic E-state index is 0.557. The number of hydrogen-bond donors (Lipinski definition) is 0. The molecule has 0 unspecified atom stereocenters. The molecule has 0 aliphatic heterocycles. The van der Waals surface area contributed by atoms with Crippen LogP contribution >= 0.6 is 11.3 Å². The van der Waals surface area contributed by atoms with E-state index in [1.807, 2.05) is 19.0 Å². The third-order valence-electron chi connectivity index (χ3n) is 1.14. The highest BCUT2D eigenvalue weighted by atomic mass is 32.1. The first-order valence-electron chi connectivity index (χ1n) is 3.27. The van der Waals surface area contributed by atoms with Gasteiger partial charge >= 0.3 is 0 Å². The van der Waals surface area contributed by atoms with Crippen LogP contribution in [0.1, 0.15) is 14.7 Å². The molecule has 3 nitrogen and oxygen atoms in total. The van der Waals surface area contributed by atoms with Crippen LogP contribution in [-0.2, 0) is 6.54 Å². The van der Waals surface area contributed by atoms with Gasteiger partial charge < -0.3 is 4.90 Å². The third-order valence-corrected chi connectivity index (χ3v) is 2.05. The molecule has 0 atom stereocenters. The molecule has 0 radical (unpaired) electrons. The molecule has 1 aromatic rings. The normalized spacial score (nSPS) is 10.5. The van der Waals surface area contributed by atoms with Crippen molar-refractivity contribution in [1.82, 2.24) is 9.88 Å². The van der Waals surface area contributed by atoms with Crippen LogP contribution < -0.4 is 0 Å². The Balaban J connectivity index is 2.65. The van der Waals surface area contributed by atoms with Crippen LogP contribution in [0.2, 0.25) is 0 Å². The second-order valence-electron chi connectivity index (χ2n) is 2.52. The van der Waals surface area contributed by atoms with E-state index in [1.165, 1.54) is 11.3 Å². The standard InChI is InChI=1S/C7H10N2OS/c1-9(2)4-6-3-8-7(5-10)11-6/h3,5H,4H2,1-2H3. The average molecular weight is 170 g/mol. The maximum absolute atomic E-state index is 10.2. The number of thiazole rings is 1. The molecule has 0 bridgehead atoms. The second kappa shape index (κ2) is 3.59. The summed E-state index contributed by atoms with van der Waals surface area (Å²) in [7, 11) is 3.97. The van der Waals surface area contributed by atoms with E-state index in [0.29, 0.717) is 5.01 Å². The maximum Gasteiger partial charge on any atom is 0.178 e. The molecule has 0 aliphatic carbocycles. The molecule has 1 aromatic heterocycles. The Kier molecular flexibility index (Phi) is 2.73. The van der Waals surface area contributed by atoms with Gasteiger partial charge in [0.15, 0.2) is 11.3 Å². The highest BCUT2D eigenvalue weighted by Gasteiger charge is 2.00. The summed E-state index contributed by atoms with van der Waals surface area (Å²) in [4.78, 5) is 17.3. The van der Waals surface area contributed by atoms with Crippen molar-refractivity contribution in [3.63, 3.8) is 0 Å². The molecule has 0 spiro atoms. The molecule has 1 rings (SSSR count). The van der Waals surface area contributed by atoms with Gasteiger partial charge in [-0.25, -0.2) is 4.98 Å². The van der Waals surface area contributed by atoms with Crippen molar-refractivity contribution in [1.29, 1.82) is 0 Å². The Labute approximate surface area is 69.7 Å². The van der Waals surface area contributed by atoms with E-state index in [4.69, 9.17) is 0 Å². The fourth-order valence-electron chi connectivity index (χ4n) is 0.762. The van der Waals surface area contributed by atoms with E-state index in [2.05, 4.69) is 4.98 Å². The zero-order chi connectivity index (χ0) is 8.27. The number of carbonyl (C=O) groups excluding carboxylic acids is 1. The molecule has 0 amide bonds. The van der Waals surface area contributed by atoms with Gasteiger partial charge in [0.1, 0.15) is 0 Å². The highest BCUT2D eigenvalue weighted by molar-refractivity contribution is 7.13. The summed E-state index contributed by atoms with van der Waals surface area (Å²) in [5.41, 5.74) is 0. The van der Waals surface area contributed by atoms with Crippen molar-refractivity contribution in [2.45, 2.75) is 6.54 Å². The molecule has 0 saturated heterocycles. The van der Waals surface area contributed by atoms with E-state index in [0.717, 1.165) is 17.7 Å². The lowest BCUT2D eigenvalue weighted by Gasteiger charge is -2.04. The zero-order valence-electron chi connectivity index (χ0n) is 6.57. The van der Waals surface area contributed by atoms with E-state index >= 15 is 0 Å². The fourth-order valence-corrected chi connectivity index (χ4v) is 1.61. The highest BCUT2D eigenvalue weighted by Crippen LogP contribution is 2.11. The summed E-state index contributed by atoms with van der Waals surface area (Å²) in [6, 6.07) is 0. The Morgan fingerprint density at radius 2 is 2.45 bits per heavy atom. The minimum Gasteiger partial charge on any atom is -0.304 e. The third kappa shape index (κ3) is 2.40. The first-order valence-corrected chi connectivity index (χ1v) is 4.08. The van der Waals surface area contributed by atoms with Gasteiger partial charge in [-0.15, -0.1) is 11.3 Å². The van der Waals surface area contributed by atoms with E-state index in [9.17, 15) is 4.79 Å². The Hall–Kier alpha value is -0.740. The van der Waals surface area contributed by atoms with Crippen LogP contribution in [0.5, 0.6) is 0 Å². The van der Waals surface area contributed by atoms with Crippen molar-refractivity contribution in [3.05, 3.63) is 16.1 Å². The van der Waals surface area contributed by atoms with Crippen molar-refractivity contribution < 1.29 is 4.79 Å². The topological polar surface area (TPSA) is 33.2 Å². The summed E-state index contributed by atoms with van der Waals surface area (Å²) < 4.78 is 0. The zero-order valence-corrected chi connectivity index (χ0v) is 7.39. The van der Waals surface area contributed by atoms with Gasteiger partial charge in [-0.2, -0.15) is 0 Å². The molecule has 1 heterocycles. The first kappa shape index (κ1) is 8.36. The molecule has 0 saturated carbocycles. The fraction of sp³-hybridized carbons (Fsp3) is 0.429. The molecule has 0 N–H and O–H groups in total. The number of nitrogens with zero attached hydrogens (tertiary/aromatic N) is 2. The summed E-state index contributed by atoms with van der Waals surface area (Å²) in [6.07, 6.45) is 2.53. The van der Waals surface area contributed by atoms with Gasteiger partial charge in [-0.3, -0.25) is 4.79 Å². The van der Waals surface area contributed by atoms with Gasteiger partial charge in [0.25, 0.3) is 0 Å². The molecule has 11 heavy (non-hydrogen) atoms. The Morgan fingerprint density at radius 3 is 2.91 bits per heavy atom. The van der Waals surface area contributed by atoms with Gasteiger partial charge in [0, 0.05) is 17.6 Å². The molecule has 0 aliphatic rings. The maximum atomic E-state index is 10.2. The number of aldehydes is 1. The molecule has 0 fully saturated rings. The number of aromatic nitrogens is 1. The lowest BCUT2D eigenvalue weighted by atomic mass is 10.5. The average Bonchev–Trinajstić information content (AvgIpc) is 2.34. The summed E-state index contributed by atoms with van der Waals surface area (Å²) in [5, 5.41) is 0.557. The summed E-state index contributed by atoms with van der Waals surface area (Å²) in [5.74, 6) is 0.